The summed E-state index contributed by atoms with van der Waals surface area (Å²) in [6.07, 6.45) is 1.97. The van der Waals surface area contributed by atoms with Crippen LogP contribution in [0.15, 0.2) is 16.5 Å². The molecule has 1 aromatic heterocycles. The van der Waals surface area contributed by atoms with Gasteiger partial charge in [0.25, 0.3) is 5.91 Å². The molecule has 2 aromatic rings. The molecule has 0 radical (unpaired) electrons. The van der Waals surface area contributed by atoms with Crippen LogP contribution in [0.2, 0.25) is 0 Å². The third-order valence-electron chi connectivity index (χ3n) is 4.91. The van der Waals surface area contributed by atoms with E-state index < -0.39 is 0 Å². The number of fused-ring (bicyclic) bond motifs is 1. The summed E-state index contributed by atoms with van der Waals surface area (Å²) in [5, 5.41) is 1.08. The Morgan fingerprint density at radius 3 is 2.45 bits per heavy atom. The van der Waals surface area contributed by atoms with Gasteiger partial charge in [0.05, 0.1) is 0 Å². The normalized spacial score (nSPS) is 16.5. The fourth-order valence-electron chi connectivity index (χ4n) is 3.39. The van der Waals surface area contributed by atoms with Crippen LogP contribution < -0.4 is 5.73 Å². The van der Waals surface area contributed by atoms with E-state index in [-0.39, 0.29) is 5.91 Å². The van der Waals surface area contributed by atoms with E-state index >= 15 is 0 Å². The molecule has 3 rings (SSSR count). The number of piperidine rings is 1. The summed E-state index contributed by atoms with van der Waals surface area (Å²) in [5.41, 5.74) is 9.76. The van der Waals surface area contributed by atoms with Crippen molar-refractivity contribution in [3.8, 4) is 0 Å². The highest BCUT2D eigenvalue weighted by Crippen LogP contribution is 2.31. The third-order valence-corrected chi connectivity index (χ3v) is 4.91. The molecule has 2 heterocycles. The first-order chi connectivity index (χ1) is 10.5. The van der Waals surface area contributed by atoms with E-state index in [1.165, 1.54) is 0 Å². The molecule has 118 valence electrons. The molecule has 0 atom stereocenters. The molecule has 1 aliphatic heterocycles. The Balaban J connectivity index is 1.94. The summed E-state index contributed by atoms with van der Waals surface area (Å²) in [6.45, 7) is 8.32. The second kappa shape index (κ2) is 5.76. The van der Waals surface area contributed by atoms with Gasteiger partial charge in [-0.05, 0) is 57.2 Å². The highest BCUT2D eigenvalue weighted by atomic mass is 16.3. The number of nitrogens with zero attached hydrogens (tertiary/aromatic N) is 1. The maximum atomic E-state index is 12.8. The van der Waals surface area contributed by atoms with E-state index in [1.54, 1.807) is 0 Å². The quantitative estimate of drug-likeness (QED) is 0.926. The SMILES string of the molecule is Cc1ccc(C)c2c(C)c(C(=O)N3CCC(CN)CC3)oc12. The summed E-state index contributed by atoms with van der Waals surface area (Å²) >= 11 is 0. The lowest BCUT2D eigenvalue weighted by Gasteiger charge is -2.30. The lowest BCUT2D eigenvalue weighted by molar-refractivity contribution is 0.0662. The van der Waals surface area contributed by atoms with Crippen molar-refractivity contribution in [2.45, 2.75) is 33.6 Å². The predicted molar refractivity (Wildman–Crippen MR) is 88.1 cm³/mol. The summed E-state index contributed by atoms with van der Waals surface area (Å²) in [4.78, 5) is 14.7. The van der Waals surface area contributed by atoms with Crippen LogP contribution in [-0.4, -0.2) is 30.4 Å². The summed E-state index contributed by atoms with van der Waals surface area (Å²) in [6, 6.07) is 4.13. The van der Waals surface area contributed by atoms with Gasteiger partial charge in [-0.15, -0.1) is 0 Å². The highest BCUT2D eigenvalue weighted by molar-refractivity contribution is 6.00. The second-order valence-electron chi connectivity index (χ2n) is 6.43. The number of furan rings is 1. The van der Waals surface area contributed by atoms with Gasteiger partial charge in [-0.2, -0.15) is 0 Å². The monoisotopic (exact) mass is 300 g/mol. The van der Waals surface area contributed by atoms with Crippen LogP contribution in [0.25, 0.3) is 11.0 Å². The number of likely N-dealkylation sites (tertiary alicyclic amines) is 1. The van der Waals surface area contributed by atoms with E-state index in [0.29, 0.717) is 18.2 Å². The van der Waals surface area contributed by atoms with Crippen LogP contribution in [-0.2, 0) is 0 Å². The van der Waals surface area contributed by atoms with Gasteiger partial charge in [0, 0.05) is 24.0 Å². The smallest absolute Gasteiger partial charge is 0.289 e. The van der Waals surface area contributed by atoms with Crippen LogP contribution in [0, 0.1) is 26.7 Å². The van der Waals surface area contributed by atoms with Gasteiger partial charge in [0.15, 0.2) is 5.76 Å². The standard InChI is InChI=1S/C18H24N2O2/c1-11-4-5-12(2)16-15(11)13(3)17(22-16)18(21)20-8-6-14(10-19)7-9-20/h4-5,14H,6-10,19H2,1-3H3. The van der Waals surface area contributed by atoms with Crippen molar-refractivity contribution in [2.75, 3.05) is 19.6 Å². The Labute approximate surface area is 131 Å². The minimum Gasteiger partial charge on any atom is -0.450 e. The Hall–Kier alpha value is -1.81. The topological polar surface area (TPSA) is 59.5 Å². The number of carbonyl (C=O) groups is 1. The van der Waals surface area contributed by atoms with Crippen LogP contribution >= 0.6 is 0 Å². The molecule has 1 amide bonds. The molecule has 0 saturated carbocycles. The van der Waals surface area contributed by atoms with Crippen molar-refractivity contribution in [1.82, 2.24) is 4.90 Å². The first-order valence-corrected chi connectivity index (χ1v) is 8.01. The van der Waals surface area contributed by atoms with Crippen LogP contribution in [0.1, 0.15) is 40.1 Å². The number of rotatable bonds is 2. The molecule has 0 unspecified atom stereocenters. The fraction of sp³-hybridized carbons (Fsp3) is 0.500. The Bertz CT molecular complexity index is 709. The maximum Gasteiger partial charge on any atom is 0.289 e. The molecule has 0 bridgehead atoms. The molecule has 4 heteroatoms. The molecule has 0 spiro atoms. The molecule has 2 N–H and O–H groups in total. The molecule has 1 aromatic carbocycles. The molecule has 1 fully saturated rings. The molecule has 0 aliphatic carbocycles. The van der Waals surface area contributed by atoms with Gasteiger partial charge < -0.3 is 15.1 Å². The van der Waals surface area contributed by atoms with Crippen LogP contribution in [0.5, 0.6) is 0 Å². The lowest BCUT2D eigenvalue weighted by Crippen LogP contribution is -2.40. The van der Waals surface area contributed by atoms with E-state index in [1.807, 2.05) is 24.8 Å². The zero-order valence-corrected chi connectivity index (χ0v) is 13.6. The van der Waals surface area contributed by atoms with Crippen molar-refractivity contribution < 1.29 is 9.21 Å². The minimum atomic E-state index is 0.0166. The number of hydrogen-bond acceptors (Lipinski definition) is 3. The van der Waals surface area contributed by atoms with E-state index in [0.717, 1.165) is 53.6 Å². The van der Waals surface area contributed by atoms with Gasteiger partial charge in [0.1, 0.15) is 5.58 Å². The van der Waals surface area contributed by atoms with Gasteiger partial charge in [0.2, 0.25) is 0 Å². The van der Waals surface area contributed by atoms with Crippen molar-refractivity contribution in [3.05, 3.63) is 34.6 Å². The summed E-state index contributed by atoms with van der Waals surface area (Å²) in [7, 11) is 0. The molecular weight excluding hydrogens is 276 g/mol. The number of aryl methyl sites for hydroxylation is 3. The van der Waals surface area contributed by atoms with Crippen LogP contribution in [0.3, 0.4) is 0 Å². The molecule has 4 nitrogen and oxygen atoms in total. The number of nitrogens with two attached hydrogens (primary N) is 1. The Morgan fingerprint density at radius 2 is 1.86 bits per heavy atom. The van der Waals surface area contributed by atoms with Crippen LogP contribution in [0.4, 0.5) is 0 Å². The van der Waals surface area contributed by atoms with Gasteiger partial charge in [-0.1, -0.05) is 12.1 Å². The van der Waals surface area contributed by atoms with Crippen molar-refractivity contribution in [1.29, 1.82) is 0 Å². The van der Waals surface area contributed by atoms with Crippen molar-refractivity contribution in [2.24, 2.45) is 11.7 Å². The zero-order valence-electron chi connectivity index (χ0n) is 13.6. The van der Waals surface area contributed by atoms with Gasteiger partial charge >= 0.3 is 0 Å². The highest BCUT2D eigenvalue weighted by Gasteiger charge is 2.27. The number of hydrogen-bond donors (Lipinski definition) is 1. The largest absolute Gasteiger partial charge is 0.450 e. The molecular formula is C18H24N2O2. The van der Waals surface area contributed by atoms with Crippen molar-refractivity contribution in [3.63, 3.8) is 0 Å². The number of benzene rings is 1. The van der Waals surface area contributed by atoms with E-state index in [4.69, 9.17) is 10.2 Å². The lowest BCUT2D eigenvalue weighted by atomic mass is 9.97. The fourth-order valence-corrected chi connectivity index (χ4v) is 3.39. The predicted octanol–water partition coefficient (Wildman–Crippen LogP) is 3.17. The van der Waals surface area contributed by atoms with Gasteiger partial charge in [-0.3, -0.25) is 4.79 Å². The molecule has 1 saturated heterocycles. The third kappa shape index (κ3) is 2.41. The average molecular weight is 300 g/mol. The van der Waals surface area contributed by atoms with Gasteiger partial charge in [-0.25, -0.2) is 0 Å². The summed E-state index contributed by atoms with van der Waals surface area (Å²) in [5.74, 6) is 1.06. The first-order valence-electron chi connectivity index (χ1n) is 8.01. The second-order valence-corrected chi connectivity index (χ2v) is 6.43. The Kier molecular flexibility index (Phi) is 3.96. The number of carbonyl (C=O) groups excluding carboxylic acids is 1. The summed E-state index contributed by atoms with van der Waals surface area (Å²) < 4.78 is 5.96. The van der Waals surface area contributed by atoms with Crippen molar-refractivity contribution >= 4 is 16.9 Å². The number of amides is 1. The van der Waals surface area contributed by atoms with E-state index in [9.17, 15) is 4.79 Å². The van der Waals surface area contributed by atoms with E-state index in [2.05, 4.69) is 13.0 Å². The maximum absolute atomic E-state index is 12.8. The molecule has 22 heavy (non-hydrogen) atoms. The minimum absolute atomic E-state index is 0.0166. The Morgan fingerprint density at radius 1 is 1.23 bits per heavy atom. The molecule has 1 aliphatic rings. The average Bonchev–Trinajstić information content (AvgIpc) is 2.89. The first kappa shape index (κ1) is 15.1. The zero-order chi connectivity index (χ0) is 15.9.